The third-order valence-electron chi connectivity index (χ3n) is 5.31. The van der Waals surface area contributed by atoms with Crippen LogP contribution in [-0.2, 0) is 4.74 Å². The van der Waals surface area contributed by atoms with E-state index in [1.54, 1.807) is 7.11 Å². The Balaban J connectivity index is 0.00000182. The van der Waals surface area contributed by atoms with Crippen molar-refractivity contribution in [2.45, 2.75) is 31.7 Å². The quantitative estimate of drug-likeness (QED) is 0.701. The molecule has 1 unspecified atom stereocenters. The summed E-state index contributed by atoms with van der Waals surface area (Å²) >= 11 is 0. The summed E-state index contributed by atoms with van der Waals surface area (Å²) in [7, 11) is 1.74. The van der Waals surface area contributed by atoms with Gasteiger partial charge in [0.25, 0.3) is 0 Å². The zero-order valence-corrected chi connectivity index (χ0v) is 17.2. The summed E-state index contributed by atoms with van der Waals surface area (Å²) in [5.41, 5.74) is 4.10. The van der Waals surface area contributed by atoms with E-state index >= 15 is 0 Å². The Morgan fingerprint density at radius 1 is 1.24 bits per heavy atom. The number of nitrogens with one attached hydrogen (secondary N) is 2. The minimum absolute atomic E-state index is 0. The second kappa shape index (κ2) is 7.95. The highest BCUT2D eigenvalue weighted by Crippen LogP contribution is 2.35. The molecule has 1 aromatic carbocycles. The zero-order valence-electron chi connectivity index (χ0n) is 14.9. The molecule has 6 heteroatoms. The number of hydrogen-bond acceptors (Lipinski definition) is 4. The molecule has 0 spiro atoms. The number of methoxy groups -OCH3 is 1. The van der Waals surface area contributed by atoms with Crippen LogP contribution in [0.1, 0.15) is 30.0 Å². The van der Waals surface area contributed by atoms with Gasteiger partial charge in [0, 0.05) is 36.8 Å². The summed E-state index contributed by atoms with van der Waals surface area (Å²) < 4.78 is 5.22. The number of aliphatic imine (C=N–C) groups is 1. The van der Waals surface area contributed by atoms with E-state index in [2.05, 4.69) is 51.4 Å². The molecule has 1 atom stereocenters. The number of aromatic nitrogens is 1. The van der Waals surface area contributed by atoms with Gasteiger partial charge in [-0.1, -0.05) is 18.2 Å². The van der Waals surface area contributed by atoms with Crippen molar-refractivity contribution in [3.8, 4) is 0 Å². The molecular weight excluding hydrogens is 427 g/mol. The Bertz CT molecular complexity index is 749. The van der Waals surface area contributed by atoms with Crippen LogP contribution >= 0.6 is 24.0 Å². The minimum atomic E-state index is 0. The topological polar surface area (TPSA) is 52.6 Å². The van der Waals surface area contributed by atoms with E-state index in [4.69, 9.17) is 4.74 Å². The minimum Gasteiger partial charge on any atom is -0.382 e. The molecule has 0 bridgehead atoms. The molecular formula is C19H27IN4O. The van der Waals surface area contributed by atoms with Gasteiger partial charge < -0.3 is 19.9 Å². The Labute approximate surface area is 166 Å². The molecule has 3 heterocycles. The third-order valence-corrected chi connectivity index (χ3v) is 5.31. The molecule has 1 fully saturated rings. The number of ether oxygens (including phenoxy) is 1. The largest absolute Gasteiger partial charge is 0.382 e. The van der Waals surface area contributed by atoms with Crippen LogP contribution in [0.25, 0.3) is 10.9 Å². The van der Waals surface area contributed by atoms with Crippen molar-refractivity contribution in [2.75, 3.05) is 33.4 Å². The third kappa shape index (κ3) is 3.65. The van der Waals surface area contributed by atoms with Gasteiger partial charge in [0.1, 0.15) is 0 Å². The summed E-state index contributed by atoms with van der Waals surface area (Å²) in [5.74, 6) is 1.69. The van der Waals surface area contributed by atoms with Gasteiger partial charge >= 0.3 is 0 Å². The second-order valence-corrected chi connectivity index (χ2v) is 6.93. The lowest BCUT2D eigenvalue weighted by molar-refractivity contribution is 0.177. The zero-order chi connectivity index (χ0) is 16.5. The lowest BCUT2D eigenvalue weighted by atomic mass is 9.87. The maximum Gasteiger partial charge on any atom is 0.194 e. The monoisotopic (exact) mass is 454 g/mol. The van der Waals surface area contributed by atoms with Gasteiger partial charge in [0.15, 0.2) is 5.96 Å². The Morgan fingerprint density at radius 3 is 2.76 bits per heavy atom. The van der Waals surface area contributed by atoms with Crippen LogP contribution in [0.5, 0.6) is 0 Å². The fourth-order valence-corrected chi connectivity index (χ4v) is 4.16. The molecule has 136 valence electrons. The van der Waals surface area contributed by atoms with Gasteiger partial charge in [-0.15, -0.1) is 24.0 Å². The first-order chi connectivity index (χ1) is 11.8. The molecule has 2 N–H and O–H groups in total. The predicted octanol–water partition coefficient (Wildman–Crippen LogP) is 3.25. The van der Waals surface area contributed by atoms with Crippen molar-refractivity contribution in [1.29, 1.82) is 0 Å². The van der Waals surface area contributed by atoms with Crippen LogP contribution in [0.2, 0.25) is 0 Å². The van der Waals surface area contributed by atoms with Crippen molar-refractivity contribution in [3.63, 3.8) is 0 Å². The van der Waals surface area contributed by atoms with E-state index in [-0.39, 0.29) is 24.0 Å². The number of fused-ring (bicyclic) bond motifs is 1. The van der Waals surface area contributed by atoms with Gasteiger partial charge in [-0.25, -0.2) is 0 Å². The van der Waals surface area contributed by atoms with Gasteiger partial charge in [0.2, 0.25) is 0 Å². The van der Waals surface area contributed by atoms with E-state index in [0.29, 0.717) is 12.0 Å². The van der Waals surface area contributed by atoms with Gasteiger partial charge in [-0.2, -0.15) is 0 Å². The fourth-order valence-electron chi connectivity index (χ4n) is 4.16. The van der Waals surface area contributed by atoms with Crippen molar-refractivity contribution < 1.29 is 4.74 Å². The van der Waals surface area contributed by atoms with Crippen LogP contribution in [0.15, 0.2) is 29.3 Å². The number of guanidine groups is 1. The van der Waals surface area contributed by atoms with E-state index in [1.807, 2.05) is 0 Å². The van der Waals surface area contributed by atoms with Gasteiger partial charge in [-0.05, 0) is 37.3 Å². The lowest BCUT2D eigenvalue weighted by Crippen LogP contribution is -2.46. The standard InChI is InChI=1S/C19H26N4O.HI/c1-13-18(16-5-3-4-6-17(16)21-13)14-7-9-23(10-8-14)19-20-11-15(22-19)12-24-2;/h3-6,14-15,21H,7-12H2,1-2H3,(H,20,22);1H. The Kier molecular flexibility index (Phi) is 5.89. The van der Waals surface area contributed by atoms with Crippen LogP contribution in [-0.4, -0.2) is 55.2 Å². The number of H-pyrrole nitrogens is 1. The van der Waals surface area contributed by atoms with Crippen molar-refractivity contribution >= 4 is 40.8 Å². The molecule has 2 aliphatic rings. The first-order valence-electron chi connectivity index (χ1n) is 8.88. The number of aromatic amines is 1. The molecule has 0 radical (unpaired) electrons. The fraction of sp³-hybridized carbons (Fsp3) is 0.526. The van der Waals surface area contributed by atoms with Crippen molar-refractivity contribution in [2.24, 2.45) is 4.99 Å². The van der Waals surface area contributed by atoms with E-state index < -0.39 is 0 Å². The lowest BCUT2D eigenvalue weighted by Gasteiger charge is -2.34. The van der Waals surface area contributed by atoms with Gasteiger partial charge in [-0.3, -0.25) is 4.99 Å². The molecule has 0 aliphatic carbocycles. The predicted molar refractivity (Wildman–Crippen MR) is 113 cm³/mol. The first-order valence-corrected chi connectivity index (χ1v) is 8.88. The number of hydrogen-bond donors (Lipinski definition) is 2. The average Bonchev–Trinajstić information content (AvgIpc) is 3.19. The molecule has 2 aromatic rings. The highest BCUT2D eigenvalue weighted by Gasteiger charge is 2.28. The molecule has 2 aliphatic heterocycles. The number of rotatable bonds is 3. The highest BCUT2D eigenvalue weighted by molar-refractivity contribution is 14.0. The number of halogens is 1. The van der Waals surface area contributed by atoms with Crippen molar-refractivity contribution in [3.05, 3.63) is 35.5 Å². The van der Waals surface area contributed by atoms with Gasteiger partial charge in [0.05, 0.1) is 19.2 Å². The second-order valence-electron chi connectivity index (χ2n) is 6.93. The summed E-state index contributed by atoms with van der Waals surface area (Å²) in [6, 6.07) is 9.00. The van der Waals surface area contributed by atoms with Crippen molar-refractivity contribution in [1.82, 2.24) is 15.2 Å². The summed E-state index contributed by atoms with van der Waals surface area (Å²) in [6.07, 6.45) is 2.36. The van der Waals surface area contributed by atoms with E-state index in [9.17, 15) is 0 Å². The van der Waals surface area contributed by atoms with Crippen LogP contribution in [0.3, 0.4) is 0 Å². The maximum atomic E-state index is 5.22. The molecule has 25 heavy (non-hydrogen) atoms. The van der Waals surface area contributed by atoms with E-state index in [0.717, 1.165) is 32.2 Å². The number of benzene rings is 1. The molecule has 0 amide bonds. The normalized spacial score (nSPS) is 21.1. The smallest absolute Gasteiger partial charge is 0.194 e. The first kappa shape index (κ1) is 18.5. The summed E-state index contributed by atoms with van der Waals surface area (Å²) in [4.78, 5) is 10.6. The Hall–Kier alpha value is -1.28. The Morgan fingerprint density at radius 2 is 2.00 bits per heavy atom. The number of nitrogens with zero attached hydrogens (tertiary/aromatic N) is 2. The van der Waals surface area contributed by atoms with Crippen LogP contribution in [0.4, 0.5) is 0 Å². The molecule has 0 saturated carbocycles. The van der Waals surface area contributed by atoms with Crippen LogP contribution < -0.4 is 5.32 Å². The molecule has 1 aromatic heterocycles. The van der Waals surface area contributed by atoms with E-state index in [1.165, 1.54) is 35.0 Å². The summed E-state index contributed by atoms with van der Waals surface area (Å²) in [6.45, 7) is 5.88. The maximum absolute atomic E-state index is 5.22. The SMILES string of the molecule is COCC1CN=C(N2CCC(c3c(C)[nH]c4ccccc34)CC2)N1.I. The number of aryl methyl sites for hydroxylation is 1. The summed E-state index contributed by atoms with van der Waals surface area (Å²) in [5, 5.41) is 4.89. The molecule has 5 nitrogen and oxygen atoms in total. The van der Waals surface area contributed by atoms with Crippen LogP contribution in [0, 0.1) is 6.92 Å². The number of piperidine rings is 1. The highest BCUT2D eigenvalue weighted by atomic mass is 127. The number of para-hydroxylation sites is 1. The average molecular weight is 454 g/mol. The molecule has 1 saturated heterocycles. The number of likely N-dealkylation sites (tertiary alicyclic amines) is 1. The molecule has 4 rings (SSSR count).